The van der Waals surface area contributed by atoms with E-state index >= 15 is 0 Å². The van der Waals surface area contributed by atoms with Crippen LogP contribution < -0.4 is 19.7 Å². The summed E-state index contributed by atoms with van der Waals surface area (Å²) < 4.78 is 9.96. The third kappa shape index (κ3) is 12.2. The van der Waals surface area contributed by atoms with Gasteiger partial charge in [-0.1, -0.05) is 145 Å². The van der Waals surface area contributed by atoms with Crippen LogP contribution in [-0.4, -0.2) is 40.0 Å². The van der Waals surface area contributed by atoms with Crippen molar-refractivity contribution >= 4 is 45.2 Å². The number of fused-ring (bicyclic) bond motifs is 2. The Balaban J connectivity index is 0.00000420. The van der Waals surface area contributed by atoms with Gasteiger partial charge in [0.2, 0.25) is 0 Å². The summed E-state index contributed by atoms with van der Waals surface area (Å²) in [5.41, 5.74) is 10.7. The highest BCUT2D eigenvalue weighted by molar-refractivity contribution is 7.00. The van der Waals surface area contributed by atoms with Gasteiger partial charge in [0.15, 0.2) is 6.54 Å². The molecule has 5 aromatic rings. The average molecular weight is 784 g/mol. The molecular weight excluding hydrogens is 707 g/mol. The lowest BCUT2D eigenvalue weighted by Gasteiger charge is -2.25. The van der Waals surface area contributed by atoms with Crippen molar-refractivity contribution in [1.82, 2.24) is 18.9 Å². The number of aromatic nitrogens is 5. The lowest BCUT2D eigenvalue weighted by molar-refractivity contribution is -0.809. The van der Waals surface area contributed by atoms with Crippen molar-refractivity contribution < 1.29 is 4.80 Å². The van der Waals surface area contributed by atoms with Crippen LogP contribution in [0.25, 0.3) is 44.3 Å². The van der Waals surface area contributed by atoms with Crippen LogP contribution in [0.1, 0.15) is 159 Å². The Morgan fingerprint density at radius 2 is 0.982 bits per heavy atom. The van der Waals surface area contributed by atoms with Gasteiger partial charge in [-0.2, -0.15) is 23.7 Å². The van der Waals surface area contributed by atoms with Crippen molar-refractivity contribution in [1.29, 1.82) is 0 Å². The van der Waals surface area contributed by atoms with E-state index in [0.717, 1.165) is 83.5 Å². The zero-order valence-electron chi connectivity index (χ0n) is 34.6. The Bertz CT molecular complexity index is 1650. The molecule has 2 aromatic heterocycles. The summed E-state index contributed by atoms with van der Waals surface area (Å²) in [6, 6.07) is 18.4. The third-order valence-electron chi connectivity index (χ3n) is 11.2. The first kappa shape index (κ1) is 46.9. The molecule has 7 nitrogen and oxygen atoms in total. The molecule has 0 aliphatic carbocycles. The van der Waals surface area contributed by atoms with E-state index in [4.69, 9.17) is 18.9 Å². The predicted molar refractivity (Wildman–Crippen MR) is 246 cm³/mol. The minimum atomic E-state index is 0. The fraction of sp³-hybridized carbons (Fsp3) is 0.625. The first-order valence-electron chi connectivity index (χ1n) is 21.8. The first-order valence-corrected chi connectivity index (χ1v) is 22.5. The van der Waals surface area contributed by atoms with E-state index in [2.05, 4.69) is 99.9 Å². The minimum absolute atomic E-state index is 0. The van der Waals surface area contributed by atoms with Crippen LogP contribution in [0.4, 0.5) is 11.4 Å². The van der Waals surface area contributed by atoms with Gasteiger partial charge < -0.3 is 9.80 Å². The van der Waals surface area contributed by atoms with Crippen LogP contribution in [0.2, 0.25) is 0 Å². The monoisotopic (exact) mass is 784 g/mol. The topological polar surface area (TPSA) is 63.1 Å². The molecule has 1 atom stereocenters. The van der Waals surface area contributed by atoms with Crippen LogP contribution in [0.15, 0.2) is 48.5 Å². The number of unbranched alkanes of at least 4 members (excludes halogenated alkanes) is 9. The van der Waals surface area contributed by atoms with Gasteiger partial charge in [0.05, 0.1) is 11.7 Å². The molecule has 3 aromatic carbocycles. The van der Waals surface area contributed by atoms with E-state index in [-0.39, 0.29) is 14.9 Å². The van der Waals surface area contributed by atoms with Crippen molar-refractivity contribution in [2.75, 3.05) is 36.0 Å². The molecule has 0 saturated heterocycles. The van der Waals surface area contributed by atoms with Gasteiger partial charge in [-0.15, -0.1) is 0 Å². The smallest absolute Gasteiger partial charge is 0.165 e. The summed E-state index contributed by atoms with van der Waals surface area (Å²) in [5.74, 6) is 0.548. The number of nitrogens with zero attached hydrogens (tertiary/aromatic N) is 7. The molecule has 8 heteroatoms. The largest absolute Gasteiger partial charge is 0.372 e. The molecule has 0 spiro atoms. The van der Waals surface area contributed by atoms with Gasteiger partial charge in [0.1, 0.15) is 11.0 Å². The quantitative estimate of drug-likeness (QED) is 0.0411. The maximum absolute atomic E-state index is 5.31. The Morgan fingerprint density at radius 1 is 0.554 bits per heavy atom. The van der Waals surface area contributed by atoms with Crippen LogP contribution >= 0.6 is 11.7 Å². The SMILES string of the molecule is C.C.CCCCCN(CCCCC)c1ccc(-c2c3nsnc3c(-c3ccc(N(CCCCC)CCCCC)cc3)c3[n-][n+](CC(CC)CCCC)nc23)cc1. The number of benzene rings is 3. The van der Waals surface area contributed by atoms with Gasteiger partial charge in [-0.05, 0) is 73.9 Å². The maximum Gasteiger partial charge on any atom is 0.165 e. The molecule has 0 fully saturated rings. The molecular formula is C48H77N7S. The summed E-state index contributed by atoms with van der Waals surface area (Å²) >= 11 is 1.29. The number of anilines is 2. The van der Waals surface area contributed by atoms with Crippen LogP contribution in [-0.2, 0) is 6.54 Å². The fourth-order valence-electron chi connectivity index (χ4n) is 7.83. The Kier molecular flexibility index (Phi) is 20.9. The summed E-state index contributed by atoms with van der Waals surface area (Å²) in [6.45, 7) is 19.0. The van der Waals surface area contributed by atoms with Gasteiger partial charge >= 0.3 is 0 Å². The van der Waals surface area contributed by atoms with E-state index in [0.29, 0.717) is 5.92 Å². The van der Waals surface area contributed by atoms with Crippen molar-refractivity contribution in [2.45, 2.75) is 166 Å². The van der Waals surface area contributed by atoms with Crippen molar-refractivity contribution in [3.05, 3.63) is 48.5 Å². The Morgan fingerprint density at radius 3 is 1.41 bits per heavy atom. The molecule has 0 aliphatic heterocycles. The van der Waals surface area contributed by atoms with Gasteiger partial charge in [-0.25, -0.2) is 0 Å². The lowest BCUT2D eigenvalue weighted by Crippen LogP contribution is -2.43. The van der Waals surface area contributed by atoms with Gasteiger partial charge in [0, 0.05) is 65.6 Å². The van der Waals surface area contributed by atoms with E-state index in [1.54, 1.807) is 0 Å². The molecule has 0 bridgehead atoms. The van der Waals surface area contributed by atoms with Crippen LogP contribution in [0.3, 0.4) is 0 Å². The zero-order valence-corrected chi connectivity index (χ0v) is 35.4. The zero-order chi connectivity index (χ0) is 38.1. The summed E-state index contributed by atoms with van der Waals surface area (Å²) in [4.78, 5) is 7.16. The van der Waals surface area contributed by atoms with Crippen molar-refractivity contribution in [3.8, 4) is 22.3 Å². The first-order chi connectivity index (χ1) is 26.6. The van der Waals surface area contributed by atoms with Gasteiger partial charge in [-0.3, -0.25) is 0 Å². The summed E-state index contributed by atoms with van der Waals surface area (Å²) in [5, 5.41) is 10.6. The van der Waals surface area contributed by atoms with Crippen molar-refractivity contribution in [3.63, 3.8) is 0 Å². The van der Waals surface area contributed by atoms with E-state index < -0.39 is 0 Å². The molecule has 56 heavy (non-hydrogen) atoms. The molecule has 2 heterocycles. The molecule has 1 unspecified atom stereocenters. The Labute approximate surface area is 346 Å². The van der Waals surface area contributed by atoms with E-state index in [1.807, 2.05) is 4.80 Å². The van der Waals surface area contributed by atoms with E-state index in [1.165, 1.54) is 119 Å². The maximum atomic E-state index is 5.31. The number of rotatable bonds is 26. The van der Waals surface area contributed by atoms with E-state index in [9.17, 15) is 0 Å². The average Bonchev–Trinajstić information content (AvgIpc) is 3.85. The Hall–Kier alpha value is -3.52. The fourth-order valence-corrected chi connectivity index (χ4v) is 8.39. The molecule has 0 aliphatic rings. The normalized spacial score (nSPS) is 11.8. The molecule has 310 valence electrons. The second kappa shape index (κ2) is 25.0. The highest BCUT2D eigenvalue weighted by Gasteiger charge is 2.23. The number of hydrogen-bond acceptors (Lipinski definition) is 6. The second-order valence-corrected chi connectivity index (χ2v) is 16.0. The minimum Gasteiger partial charge on any atom is -0.372 e. The van der Waals surface area contributed by atoms with Gasteiger partial charge in [0.25, 0.3) is 0 Å². The molecule has 0 N–H and O–H groups in total. The van der Waals surface area contributed by atoms with Crippen LogP contribution in [0.5, 0.6) is 0 Å². The predicted octanol–water partition coefficient (Wildman–Crippen LogP) is 13.7. The molecule has 0 radical (unpaired) electrons. The summed E-state index contributed by atoms with van der Waals surface area (Å²) in [6.07, 6.45) is 19.7. The third-order valence-corrected chi connectivity index (χ3v) is 11.8. The second-order valence-electron chi connectivity index (χ2n) is 15.5. The molecule has 0 amide bonds. The highest BCUT2D eigenvalue weighted by atomic mass is 32.1. The van der Waals surface area contributed by atoms with Crippen LogP contribution in [0, 0.1) is 5.92 Å². The number of hydrogen-bond donors (Lipinski definition) is 0. The molecule has 5 rings (SSSR count). The molecule has 0 saturated carbocycles. The highest BCUT2D eigenvalue weighted by Crippen LogP contribution is 2.41. The summed E-state index contributed by atoms with van der Waals surface area (Å²) in [7, 11) is 0. The lowest BCUT2D eigenvalue weighted by atomic mass is 9.95. The standard InChI is InChI=1S/C46H69N7S.2CH4/c1-7-13-18-31-51(32-19-14-8-2)39-27-23-37(24-28-39)41-43-44(48-53(47-43)35-36(12-6)22-17-11-5)42(46-45(41)49-54-50-46)38-25-29-40(30-26-38)52(33-20-15-9-3)34-21-16-10-4;;/h23-30,36H,7-22,31-35H2,1-6H3;2*1H4. The van der Waals surface area contributed by atoms with Crippen molar-refractivity contribution in [2.24, 2.45) is 5.92 Å².